The fraction of sp³-hybridized carbons (Fsp3) is 0.174. The van der Waals surface area contributed by atoms with Gasteiger partial charge in [0, 0.05) is 23.1 Å². The first-order valence-corrected chi connectivity index (χ1v) is 9.38. The van der Waals surface area contributed by atoms with Crippen molar-refractivity contribution < 1.29 is 19.0 Å². The molecule has 2 aliphatic heterocycles. The number of nitrogens with zero attached hydrogens (tertiary/aromatic N) is 2. The van der Waals surface area contributed by atoms with Crippen LogP contribution in [0.5, 0.6) is 17.2 Å². The molecule has 3 aromatic carbocycles. The van der Waals surface area contributed by atoms with Crippen LogP contribution < -0.4 is 9.47 Å². The summed E-state index contributed by atoms with van der Waals surface area (Å²) in [5.41, 5.74) is 3.23. The predicted molar refractivity (Wildman–Crippen MR) is 107 cm³/mol. The van der Waals surface area contributed by atoms with Crippen molar-refractivity contribution in [2.24, 2.45) is 5.10 Å². The van der Waals surface area contributed by atoms with Gasteiger partial charge in [0.1, 0.15) is 23.1 Å². The zero-order chi connectivity index (χ0) is 20.0. The van der Waals surface area contributed by atoms with Gasteiger partial charge in [-0.05, 0) is 36.4 Å². The van der Waals surface area contributed by atoms with Crippen molar-refractivity contribution in [3.8, 4) is 17.2 Å². The standard InChI is InChI=1S/C23H19FN2O3/c1-28-16-10-11-21(27)18(12-16)19-13-20-17-4-2-3-5-22(17)29-23(26(20)25-19)14-6-8-15(24)9-7-14/h2-12,20,23,27H,13H2,1H3. The van der Waals surface area contributed by atoms with E-state index in [1.807, 2.05) is 29.3 Å². The minimum atomic E-state index is -0.485. The van der Waals surface area contributed by atoms with Crippen molar-refractivity contribution in [3.05, 3.63) is 89.2 Å². The molecule has 0 radical (unpaired) electrons. The number of para-hydroxylation sites is 1. The van der Waals surface area contributed by atoms with Gasteiger partial charge >= 0.3 is 0 Å². The zero-order valence-corrected chi connectivity index (χ0v) is 15.7. The van der Waals surface area contributed by atoms with Gasteiger partial charge in [-0.25, -0.2) is 9.40 Å². The maximum Gasteiger partial charge on any atom is 0.213 e. The monoisotopic (exact) mass is 390 g/mol. The lowest BCUT2D eigenvalue weighted by atomic mass is 9.95. The highest BCUT2D eigenvalue weighted by molar-refractivity contribution is 6.04. The van der Waals surface area contributed by atoms with Crippen LogP contribution in [-0.4, -0.2) is 22.9 Å². The smallest absolute Gasteiger partial charge is 0.213 e. The van der Waals surface area contributed by atoms with Crippen LogP contribution in [0.3, 0.4) is 0 Å². The number of aromatic hydroxyl groups is 1. The molecular weight excluding hydrogens is 371 g/mol. The molecule has 1 N–H and O–H groups in total. The van der Waals surface area contributed by atoms with Gasteiger partial charge in [-0.15, -0.1) is 0 Å². The SMILES string of the molecule is COc1ccc(O)c(C2=NN3C(C2)c2ccccc2OC3c2ccc(F)cc2)c1. The highest BCUT2D eigenvalue weighted by Gasteiger charge is 2.41. The first kappa shape index (κ1) is 17.6. The Kier molecular flexibility index (Phi) is 4.12. The molecule has 0 aromatic heterocycles. The van der Waals surface area contributed by atoms with Gasteiger partial charge in [-0.2, -0.15) is 5.10 Å². The number of rotatable bonds is 3. The van der Waals surface area contributed by atoms with E-state index in [9.17, 15) is 9.50 Å². The fourth-order valence-electron chi connectivity index (χ4n) is 3.92. The second-order valence-electron chi connectivity index (χ2n) is 7.09. The summed E-state index contributed by atoms with van der Waals surface area (Å²) in [6, 6.07) is 19.2. The van der Waals surface area contributed by atoms with Gasteiger partial charge in [0.15, 0.2) is 0 Å². The van der Waals surface area contributed by atoms with E-state index in [1.165, 1.54) is 12.1 Å². The van der Waals surface area contributed by atoms with Crippen LogP contribution in [0.2, 0.25) is 0 Å². The molecule has 0 saturated carbocycles. The molecule has 0 saturated heterocycles. The molecule has 5 rings (SSSR count). The Morgan fingerprint density at radius 1 is 1.10 bits per heavy atom. The molecule has 0 spiro atoms. The summed E-state index contributed by atoms with van der Waals surface area (Å²) >= 11 is 0. The Labute approximate surface area is 167 Å². The number of hydrogen-bond donors (Lipinski definition) is 1. The highest BCUT2D eigenvalue weighted by Crippen LogP contribution is 2.48. The Morgan fingerprint density at radius 2 is 1.90 bits per heavy atom. The Bertz CT molecular complexity index is 1100. The third kappa shape index (κ3) is 2.97. The van der Waals surface area contributed by atoms with E-state index >= 15 is 0 Å². The van der Waals surface area contributed by atoms with Gasteiger partial charge in [-0.1, -0.05) is 30.3 Å². The van der Waals surface area contributed by atoms with E-state index in [-0.39, 0.29) is 17.6 Å². The quantitative estimate of drug-likeness (QED) is 0.699. The summed E-state index contributed by atoms with van der Waals surface area (Å²) < 4.78 is 25.0. The second kappa shape index (κ2) is 6.81. The van der Waals surface area contributed by atoms with E-state index in [1.54, 1.807) is 37.4 Å². The molecule has 29 heavy (non-hydrogen) atoms. The van der Waals surface area contributed by atoms with Crippen LogP contribution in [0.4, 0.5) is 4.39 Å². The summed E-state index contributed by atoms with van der Waals surface area (Å²) in [5, 5.41) is 17.1. The van der Waals surface area contributed by atoms with E-state index in [0.717, 1.165) is 22.6 Å². The molecule has 3 aromatic rings. The maximum atomic E-state index is 13.4. The molecule has 0 amide bonds. The van der Waals surface area contributed by atoms with Crippen molar-refractivity contribution in [3.63, 3.8) is 0 Å². The van der Waals surface area contributed by atoms with Crippen LogP contribution in [0, 0.1) is 5.82 Å². The molecule has 5 nitrogen and oxygen atoms in total. The highest BCUT2D eigenvalue weighted by atomic mass is 19.1. The molecule has 2 aliphatic rings. The van der Waals surface area contributed by atoms with E-state index in [2.05, 4.69) is 0 Å². The topological polar surface area (TPSA) is 54.3 Å². The third-order valence-corrected chi connectivity index (χ3v) is 5.37. The Hall–Kier alpha value is -3.54. The summed E-state index contributed by atoms with van der Waals surface area (Å²) in [6.45, 7) is 0. The number of phenols is 1. The molecule has 2 atom stereocenters. The van der Waals surface area contributed by atoms with Gasteiger partial charge in [0.25, 0.3) is 0 Å². The number of ether oxygens (including phenoxy) is 2. The number of halogens is 1. The molecule has 0 aliphatic carbocycles. The van der Waals surface area contributed by atoms with Crippen LogP contribution in [0.25, 0.3) is 0 Å². The van der Waals surface area contributed by atoms with Crippen molar-refractivity contribution in [2.45, 2.75) is 18.7 Å². The Balaban J connectivity index is 1.60. The molecule has 0 bridgehead atoms. The van der Waals surface area contributed by atoms with E-state index in [4.69, 9.17) is 14.6 Å². The van der Waals surface area contributed by atoms with E-state index < -0.39 is 6.23 Å². The Morgan fingerprint density at radius 3 is 2.69 bits per heavy atom. The lowest BCUT2D eigenvalue weighted by Crippen LogP contribution is -2.33. The van der Waals surface area contributed by atoms with Crippen LogP contribution in [-0.2, 0) is 0 Å². The largest absolute Gasteiger partial charge is 0.507 e. The minimum absolute atomic E-state index is 0.0457. The number of benzene rings is 3. The van der Waals surface area contributed by atoms with Crippen molar-refractivity contribution in [2.75, 3.05) is 7.11 Å². The van der Waals surface area contributed by atoms with E-state index in [0.29, 0.717) is 17.7 Å². The van der Waals surface area contributed by atoms with Crippen LogP contribution in [0.1, 0.15) is 35.4 Å². The fourth-order valence-corrected chi connectivity index (χ4v) is 3.92. The summed E-state index contributed by atoms with van der Waals surface area (Å²) in [5.74, 6) is 1.29. The molecule has 0 fully saturated rings. The van der Waals surface area contributed by atoms with Gasteiger partial charge in [0.2, 0.25) is 6.23 Å². The first-order chi connectivity index (χ1) is 14.1. The molecule has 6 heteroatoms. The summed E-state index contributed by atoms with van der Waals surface area (Å²) in [6.07, 6.45) is 0.125. The minimum Gasteiger partial charge on any atom is -0.507 e. The van der Waals surface area contributed by atoms with Gasteiger partial charge < -0.3 is 14.6 Å². The van der Waals surface area contributed by atoms with Gasteiger partial charge in [0.05, 0.1) is 18.9 Å². The molecular formula is C23H19FN2O3. The van der Waals surface area contributed by atoms with Crippen molar-refractivity contribution in [1.82, 2.24) is 5.01 Å². The third-order valence-electron chi connectivity index (χ3n) is 5.37. The first-order valence-electron chi connectivity index (χ1n) is 9.38. The average molecular weight is 390 g/mol. The summed E-state index contributed by atoms with van der Waals surface area (Å²) in [7, 11) is 1.59. The predicted octanol–water partition coefficient (Wildman–Crippen LogP) is 4.78. The van der Waals surface area contributed by atoms with Crippen molar-refractivity contribution >= 4 is 5.71 Å². The zero-order valence-electron chi connectivity index (χ0n) is 15.7. The maximum absolute atomic E-state index is 13.4. The lowest BCUT2D eigenvalue weighted by molar-refractivity contribution is -0.0190. The van der Waals surface area contributed by atoms with Crippen LogP contribution in [0.15, 0.2) is 71.8 Å². The number of fused-ring (bicyclic) bond motifs is 3. The van der Waals surface area contributed by atoms with Crippen molar-refractivity contribution in [1.29, 1.82) is 0 Å². The number of phenolic OH excluding ortho intramolecular Hbond substituents is 1. The van der Waals surface area contributed by atoms with Gasteiger partial charge in [-0.3, -0.25) is 0 Å². The molecule has 146 valence electrons. The number of methoxy groups -OCH3 is 1. The van der Waals surface area contributed by atoms with Crippen LogP contribution >= 0.6 is 0 Å². The normalized spacial score (nSPS) is 19.8. The average Bonchev–Trinajstić information content (AvgIpc) is 3.20. The number of hydrazone groups is 1. The summed E-state index contributed by atoms with van der Waals surface area (Å²) in [4.78, 5) is 0. The molecule has 2 unspecified atom stereocenters. The molecule has 2 heterocycles. The number of hydrogen-bond acceptors (Lipinski definition) is 5. The lowest BCUT2D eigenvalue weighted by Gasteiger charge is -2.38. The second-order valence-corrected chi connectivity index (χ2v) is 7.09.